The zero-order valence-corrected chi connectivity index (χ0v) is 10.2. The first-order chi connectivity index (χ1) is 7.99. The fourth-order valence-electron chi connectivity index (χ4n) is 1.71. The third-order valence-corrected chi connectivity index (χ3v) is 2.75. The lowest BCUT2D eigenvalue weighted by atomic mass is 10.0. The third-order valence-electron chi connectivity index (χ3n) is 2.75. The topological polar surface area (TPSA) is 69.6 Å². The van der Waals surface area contributed by atoms with E-state index in [9.17, 15) is 9.90 Å². The molecule has 1 aromatic rings. The number of aryl methyl sites for hydroxylation is 2. The maximum absolute atomic E-state index is 10.4. The molecule has 0 aromatic heterocycles. The molecule has 94 valence electrons. The van der Waals surface area contributed by atoms with Gasteiger partial charge in [0.05, 0.1) is 0 Å². The van der Waals surface area contributed by atoms with E-state index in [1.54, 1.807) is 6.07 Å². The van der Waals surface area contributed by atoms with E-state index in [1.165, 1.54) is 0 Å². The van der Waals surface area contributed by atoms with Gasteiger partial charge < -0.3 is 15.5 Å². The summed E-state index contributed by atoms with van der Waals surface area (Å²) in [5, 5.41) is 20.5. The van der Waals surface area contributed by atoms with Gasteiger partial charge in [-0.05, 0) is 50.3 Å². The van der Waals surface area contributed by atoms with Gasteiger partial charge in [0.15, 0.2) is 0 Å². The second-order valence-electron chi connectivity index (χ2n) is 4.36. The number of benzene rings is 1. The number of carboxylic acid groups (broad SMARTS) is 1. The van der Waals surface area contributed by atoms with E-state index in [2.05, 4.69) is 5.32 Å². The number of carbonyl (C=O) groups is 1. The first-order valence-corrected chi connectivity index (χ1v) is 5.77. The van der Waals surface area contributed by atoms with Crippen molar-refractivity contribution in [3.63, 3.8) is 0 Å². The minimum Gasteiger partial charge on any atom is -0.508 e. The standard InChI is InChI=1S/C13H19NO3/c1-9-6-7-11(8-12(9)15)5-3-4-10(2)14-13(16)17/h6-8,10,14-15H,3-5H2,1-2H3,(H,16,17)/t10-/m1/s1. The van der Waals surface area contributed by atoms with E-state index in [0.717, 1.165) is 30.4 Å². The summed E-state index contributed by atoms with van der Waals surface area (Å²) in [6, 6.07) is 5.62. The Morgan fingerprint density at radius 1 is 1.47 bits per heavy atom. The van der Waals surface area contributed by atoms with Crippen LogP contribution in [0.4, 0.5) is 4.79 Å². The first kappa shape index (κ1) is 13.4. The van der Waals surface area contributed by atoms with Crippen LogP contribution in [0.1, 0.15) is 30.9 Å². The number of nitrogens with one attached hydrogen (secondary N) is 1. The van der Waals surface area contributed by atoms with Gasteiger partial charge in [-0.1, -0.05) is 12.1 Å². The molecule has 0 saturated heterocycles. The molecule has 1 atom stereocenters. The molecular weight excluding hydrogens is 218 g/mol. The molecular formula is C13H19NO3. The minimum atomic E-state index is -0.981. The average Bonchev–Trinajstić information content (AvgIpc) is 2.22. The molecule has 4 heteroatoms. The van der Waals surface area contributed by atoms with Crippen molar-refractivity contribution in [2.45, 2.75) is 39.2 Å². The van der Waals surface area contributed by atoms with Gasteiger partial charge in [0.1, 0.15) is 5.75 Å². The van der Waals surface area contributed by atoms with Crippen molar-refractivity contribution in [2.24, 2.45) is 0 Å². The van der Waals surface area contributed by atoms with Crippen molar-refractivity contribution in [1.29, 1.82) is 0 Å². The fourth-order valence-corrected chi connectivity index (χ4v) is 1.71. The number of hydrogen-bond donors (Lipinski definition) is 3. The zero-order valence-electron chi connectivity index (χ0n) is 10.2. The normalized spacial score (nSPS) is 12.1. The molecule has 1 rings (SSSR count). The minimum absolute atomic E-state index is 0.0356. The molecule has 17 heavy (non-hydrogen) atoms. The van der Waals surface area contributed by atoms with Crippen LogP contribution in [0.2, 0.25) is 0 Å². The lowest BCUT2D eigenvalue weighted by molar-refractivity contribution is 0.190. The first-order valence-electron chi connectivity index (χ1n) is 5.77. The quantitative estimate of drug-likeness (QED) is 0.737. The monoisotopic (exact) mass is 237 g/mol. The number of aromatic hydroxyl groups is 1. The Morgan fingerprint density at radius 2 is 2.18 bits per heavy atom. The van der Waals surface area contributed by atoms with Crippen LogP contribution in [-0.2, 0) is 6.42 Å². The van der Waals surface area contributed by atoms with Gasteiger partial charge >= 0.3 is 6.09 Å². The molecule has 0 unspecified atom stereocenters. The van der Waals surface area contributed by atoms with E-state index in [1.807, 2.05) is 26.0 Å². The molecule has 0 aliphatic carbocycles. The summed E-state index contributed by atoms with van der Waals surface area (Å²) >= 11 is 0. The largest absolute Gasteiger partial charge is 0.508 e. The van der Waals surface area contributed by atoms with Crippen molar-refractivity contribution in [3.8, 4) is 5.75 Å². The molecule has 0 bridgehead atoms. The molecule has 1 amide bonds. The summed E-state index contributed by atoms with van der Waals surface area (Å²) in [5.74, 6) is 0.319. The number of rotatable bonds is 5. The van der Waals surface area contributed by atoms with Gasteiger partial charge in [-0.3, -0.25) is 0 Å². The molecule has 0 saturated carbocycles. The Labute approximate surface area is 101 Å². The van der Waals surface area contributed by atoms with E-state index in [0.29, 0.717) is 5.75 Å². The Hall–Kier alpha value is -1.71. The second-order valence-corrected chi connectivity index (χ2v) is 4.36. The number of phenolic OH excluding ortho intramolecular Hbond substituents is 1. The average molecular weight is 237 g/mol. The molecule has 0 aliphatic heterocycles. The maximum atomic E-state index is 10.4. The summed E-state index contributed by atoms with van der Waals surface area (Å²) in [6.45, 7) is 3.71. The lowest BCUT2D eigenvalue weighted by Crippen LogP contribution is -2.30. The van der Waals surface area contributed by atoms with Crippen LogP contribution in [0.5, 0.6) is 5.75 Å². The Bertz CT molecular complexity index is 390. The number of hydrogen-bond acceptors (Lipinski definition) is 2. The molecule has 3 N–H and O–H groups in total. The highest BCUT2D eigenvalue weighted by Crippen LogP contribution is 2.18. The number of phenols is 1. The van der Waals surface area contributed by atoms with Crippen LogP contribution in [0.3, 0.4) is 0 Å². The van der Waals surface area contributed by atoms with Crippen molar-refractivity contribution in [2.75, 3.05) is 0 Å². The smallest absolute Gasteiger partial charge is 0.404 e. The summed E-state index contributed by atoms with van der Waals surface area (Å²) in [4.78, 5) is 10.4. The Balaban J connectivity index is 2.35. The highest BCUT2D eigenvalue weighted by atomic mass is 16.4. The summed E-state index contributed by atoms with van der Waals surface area (Å²) < 4.78 is 0. The molecule has 0 fully saturated rings. The molecule has 0 aliphatic rings. The van der Waals surface area contributed by atoms with E-state index in [4.69, 9.17) is 5.11 Å². The van der Waals surface area contributed by atoms with Crippen molar-refractivity contribution in [1.82, 2.24) is 5.32 Å². The summed E-state index contributed by atoms with van der Waals surface area (Å²) in [7, 11) is 0. The van der Waals surface area contributed by atoms with Crippen LogP contribution in [-0.4, -0.2) is 22.3 Å². The predicted molar refractivity (Wildman–Crippen MR) is 66.4 cm³/mol. The third kappa shape index (κ3) is 4.76. The van der Waals surface area contributed by atoms with Crippen LogP contribution >= 0.6 is 0 Å². The summed E-state index contributed by atoms with van der Waals surface area (Å²) in [5.41, 5.74) is 1.95. The van der Waals surface area contributed by atoms with Crippen LogP contribution in [0, 0.1) is 6.92 Å². The Kier molecular flexibility index (Phi) is 4.82. The number of amides is 1. The van der Waals surface area contributed by atoms with Crippen LogP contribution in [0.15, 0.2) is 18.2 Å². The lowest BCUT2D eigenvalue weighted by Gasteiger charge is -2.11. The molecule has 0 heterocycles. The van der Waals surface area contributed by atoms with Crippen molar-refractivity contribution < 1.29 is 15.0 Å². The predicted octanol–water partition coefficient (Wildman–Crippen LogP) is 2.68. The fraction of sp³-hybridized carbons (Fsp3) is 0.462. The van der Waals surface area contributed by atoms with E-state index < -0.39 is 6.09 Å². The van der Waals surface area contributed by atoms with Gasteiger partial charge in [-0.25, -0.2) is 4.79 Å². The van der Waals surface area contributed by atoms with Crippen molar-refractivity contribution in [3.05, 3.63) is 29.3 Å². The van der Waals surface area contributed by atoms with Gasteiger partial charge in [-0.15, -0.1) is 0 Å². The van der Waals surface area contributed by atoms with Gasteiger partial charge in [-0.2, -0.15) is 0 Å². The molecule has 1 aromatic carbocycles. The van der Waals surface area contributed by atoms with Crippen LogP contribution in [0.25, 0.3) is 0 Å². The highest BCUT2D eigenvalue weighted by Gasteiger charge is 2.05. The second kappa shape index (κ2) is 6.13. The highest BCUT2D eigenvalue weighted by molar-refractivity contribution is 5.64. The van der Waals surface area contributed by atoms with Crippen molar-refractivity contribution >= 4 is 6.09 Å². The van der Waals surface area contributed by atoms with Gasteiger partial charge in [0.2, 0.25) is 0 Å². The SMILES string of the molecule is Cc1ccc(CCC[C@@H](C)NC(=O)O)cc1O. The van der Waals surface area contributed by atoms with Gasteiger partial charge in [0.25, 0.3) is 0 Å². The zero-order chi connectivity index (χ0) is 12.8. The molecule has 4 nitrogen and oxygen atoms in total. The Morgan fingerprint density at radius 3 is 2.76 bits per heavy atom. The van der Waals surface area contributed by atoms with E-state index in [-0.39, 0.29) is 6.04 Å². The maximum Gasteiger partial charge on any atom is 0.404 e. The summed E-state index contributed by atoms with van der Waals surface area (Å²) in [6.07, 6.45) is 1.55. The van der Waals surface area contributed by atoms with Gasteiger partial charge in [0, 0.05) is 6.04 Å². The molecule has 0 radical (unpaired) electrons. The molecule has 0 spiro atoms. The van der Waals surface area contributed by atoms with E-state index >= 15 is 0 Å². The van der Waals surface area contributed by atoms with Crippen LogP contribution < -0.4 is 5.32 Å².